The number of aromatic nitrogens is 2. The second-order valence-electron chi connectivity index (χ2n) is 10.2. The van der Waals surface area contributed by atoms with Gasteiger partial charge < -0.3 is 21.3 Å². The number of hydrogen-bond acceptors (Lipinski definition) is 6. The first-order valence-corrected chi connectivity index (χ1v) is 16.1. The molecule has 1 aliphatic rings. The molecule has 0 bridgehead atoms. The Morgan fingerprint density at radius 2 is 1.32 bits per heavy atom. The molecule has 228 valence electrons. The highest BCUT2D eigenvalue weighted by Crippen LogP contribution is 2.36. The summed E-state index contributed by atoms with van der Waals surface area (Å²) in [6, 6.07) is 14.5. The fourth-order valence-electron chi connectivity index (χ4n) is 4.71. The lowest BCUT2D eigenvalue weighted by Gasteiger charge is -2.41. The van der Waals surface area contributed by atoms with Crippen LogP contribution in [0.3, 0.4) is 0 Å². The molecule has 0 saturated carbocycles. The fourth-order valence-corrected chi connectivity index (χ4v) is 5.11. The van der Waals surface area contributed by atoms with Crippen LogP contribution in [0.1, 0.15) is 50.2 Å². The van der Waals surface area contributed by atoms with Crippen LogP contribution in [-0.2, 0) is 22.7 Å². The zero-order valence-electron chi connectivity index (χ0n) is 24.2. The van der Waals surface area contributed by atoms with Crippen molar-refractivity contribution in [3.8, 4) is 0 Å². The van der Waals surface area contributed by atoms with Gasteiger partial charge in [-0.05, 0) is 53.0 Å². The first-order valence-electron chi connectivity index (χ1n) is 13.8. The Morgan fingerprint density at radius 1 is 0.795 bits per heavy atom. The number of benzene rings is 1. The van der Waals surface area contributed by atoms with E-state index in [1.54, 1.807) is 30.3 Å². The van der Waals surface area contributed by atoms with E-state index in [2.05, 4.69) is 63.1 Å². The quantitative estimate of drug-likeness (QED) is 0.174. The number of carbonyl (C=O) groups excluding carboxylic acids is 4. The van der Waals surface area contributed by atoms with Gasteiger partial charge in [-0.25, -0.2) is 0 Å². The maximum absolute atomic E-state index is 13.6. The Balaban J connectivity index is 1.59. The Hall–Kier alpha value is -4.16. The molecule has 12 heteroatoms. The van der Waals surface area contributed by atoms with E-state index in [0.29, 0.717) is 0 Å². The summed E-state index contributed by atoms with van der Waals surface area (Å²) in [6.45, 7) is 4.50. The average molecular weight is 724 g/mol. The van der Waals surface area contributed by atoms with Crippen LogP contribution < -0.4 is 21.3 Å². The monoisotopic (exact) mass is 722 g/mol. The zero-order valence-corrected chi connectivity index (χ0v) is 27.4. The average Bonchev–Trinajstić information content (AvgIpc) is 3.04. The lowest BCUT2D eigenvalue weighted by molar-refractivity contribution is -0.119. The normalized spacial score (nSPS) is 15.1. The molecule has 3 aromatic rings. The van der Waals surface area contributed by atoms with Gasteiger partial charge in [-0.2, -0.15) is 0 Å². The predicted octanol–water partition coefficient (Wildman–Crippen LogP) is 3.95. The van der Waals surface area contributed by atoms with Crippen LogP contribution in [0.5, 0.6) is 0 Å². The molecule has 4 N–H and O–H groups in total. The van der Waals surface area contributed by atoms with Crippen molar-refractivity contribution in [3.05, 3.63) is 113 Å². The van der Waals surface area contributed by atoms with Crippen LogP contribution in [0, 0.1) is 12.8 Å². The number of halogens is 2. The summed E-state index contributed by atoms with van der Waals surface area (Å²) in [6.07, 6.45) is 8.60. The molecule has 4 amide bonds. The molecule has 0 aliphatic heterocycles. The molecule has 0 spiro atoms. The van der Waals surface area contributed by atoms with E-state index in [1.807, 2.05) is 50.3 Å². The van der Waals surface area contributed by atoms with E-state index in [-0.39, 0.29) is 52.9 Å². The second-order valence-corrected chi connectivity index (χ2v) is 11.3. The van der Waals surface area contributed by atoms with Gasteiger partial charge in [0.2, 0.25) is 11.8 Å². The molecule has 1 aliphatic carbocycles. The Labute approximate surface area is 272 Å². The highest BCUT2D eigenvalue weighted by molar-refractivity contribution is 9.09. The Bertz CT molecular complexity index is 1510. The molecular weight excluding hydrogens is 692 g/mol. The maximum atomic E-state index is 13.6. The Morgan fingerprint density at radius 3 is 1.77 bits per heavy atom. The summed E-state index contributed by atoms with van der Waals surface area (Å²) in [4.78, 5) is 58.9. The third-order valence-electron chi connectivity index (χ3n) is 7.22. The van der Waals surface area contributed by atoms with Crippen LogP contribution >= 0.6 is 31.9 Å². The van der Waals surface area contributed by atoms with Crippen molar-refractivity contribution in [1.82, 2.24) is 31.2 Å². The van der Waals surface area contributed by atoms with E-state index >= 15 is 0 Å². The number of hydrogen-bond donors (Lipinski definition) is 4. The van der Waals surface area contributed by atoms with E-state index in [4.69, 9.17) is 0 Å². The van der Waals surface area contributed by atoms with Gasteiger partial charge >= 0.3 is 0 Å². The van der Waals surface area contributed by atoms with Crippen LogP contribution in [0.15, 0.2) is 79.2 Å². The maximum Gasteiger partial charge on any atom is 0.271 e. The predicted molar refractivity (Wildman–Crippen MR) is 175 cm³/mol. The Kier molecular flexibility index (Phi) is 11.2. The summed E-state index contributed by atoms with van der Waals surface area (Å²) >= 11 is 6.22. The summed E-state index contributed by atoms with van der Waals surface area (Å²) in [5, 5.41) is 11.9. The summed E-state index contributed by atoms with van der Waals surface area (Å²) in [7, 11) is 0. The smallest absolute Gasteiger partial charge is 0.271 e. The molecule has 1 aromatic carbocycles. The molecule has 4 rings (SSSR count). The number of alkyl halides is 2. The van der Waals surface area contributed by atoms with E-state index in [1.165, 1.54) is 12.4 Å². The van der Waals surface area contributed by atoms with E-state index < -0.39 is 17.5 Å². The first kappa shape index (κ1) is 32.7. The fraction of sp³-hybridized carbons (Fsp3) is 0.250. The minimum absolute atomic E-state index is 0.148. The third-order valence-corrected chi connectivity index (χ3v) is 8.24. The van der Waals surface area contributed by atoms with E-state index in [0.717, 1.165) is 27.8 Å². The number of allylic oxidation sites excluding steroid dienone is 2. The van der Waals surface area contributed by atoms with Crippen molar-refractivity contribution < 1.29 is 19.2 Å². The number of aryl methyl sites for hydroxylation is 1. The molecule has 10 nitrogen and oxygen atoms in total. The molecule has 2 heterocycles. The molecule has 44 heavy (non-hydrogen) atoms. The van der Waals surface area contributed by atoms with Crippen molar-refractivity contribution in [3.63, 3.8) is 0 Å². The van der Waals surface area contributed by atoms with Crippen LogP contribution in [-0.4, -0.2) is 49.9 Å². The van der Waals surface area contributed by atoms with Crippen molar-refractivity contribution in [2.75, 3.05) is 10.7 Å². The summed E-state index contributed by atoms with van der Waals surface area (Å²) in [5.74, 6) is -1.69. The number of nitrogens with one attached hydrogen (secondary N) is 4. The molecule has 0 saturated heterocycles. The number of amides is 4. The summed E-state index contributed by atoms with van der Waals surface area (Å²) in [5.41, 5.74) is 3.42. The van der Waals surface area contributed by atoms with Crippen LogP contribution in [0.2, 0.25) is 0 Å². The van der Waals surface area contributed by atoms with Gasteiger partial charge in [-0.15, -0.1) is 0 Å². The lowest BCUT2D eigenvalue weighted by Crippen LogP contribution is -2.64. The standard InChI is InChI=1S/C32H32Br2N6O4/c1-20-6-3-4-7-24(20)25-8-5-13-32(21(25)2,39-30(43)26-11-9-22(16-35-26)18-37-28(41)14-33)40-31(44)27-12-10-23(17-36-27)19-38-29(42)15-34/h3-13,16-17,21H,14-15,18-19H2,1-2H3,(H,37,41)(H,38,42)(H,39,43)(H,40,44). The van der Waals surface area contributed by atoms with Crippen molar-refractivity contribution >= 4 is 61.1 Å². The van der Waals surface area contributed by atoms with Gasteiger partial charge in [0.1, 0.15) is 17.1 Å². The largest absolute Gasteiger partial charge is 0.351 e. The van der Waals surface area contributed by atoms with E-state index in [9.17, 15) is 19.2 Å². The van der Waals surface area contributed by atoms with Gasteiger partial charge in [-0.3, -0.25) is 29.1 Å². The molecule has 2 aromatic heterocycles. The van der Waals surface area contributed by atoms with Gasteiger partial charge in [-0.1, -0.05) is 87.3 Å². The first-order chi connectivity index (χ1) is 21.2. The van der Waals surface area contributed by atoms with Crippen molar-refractivity contribution in [2.24, 2.45) is 5.92 Å². The molecule has 1 unspecified atom stereocenters. The highest BCUT2D eigenvalue weighted by atomic mass is 79.9. The minimum Gasteiger partial charge on any atom is -0.351 e. The third kappa shape index (κ3) is 8.06. The van der Waals surface area contributed by atoms with Gasteiger partial charge in [0.15, 0.2) is 0 Å². The number of pyridine rings is 2. The topological polar surface area (TPSA) is 142 Å². The SMILES string of the molecule is Cc1ccccc1C1=CC=CC(NC(=O)c2ccc(CNC(=O)CBr)cn2)(NC(=O)c2ccc(CNC(=O)CBr)cn2)C1C. The van der Waals surface area contributed by atoms with Crippen molar-refractivity contribution in [1.29, 1.82) is 0 Å². The minimum atomic E-state index is -1.32. The van der Waals surface area contributed by atoms with Gasteiger partial charge in [0.25, 0.3) is 11.8 Å². The van der Waals surface area contributed by atoms with Crippen LogP contribution in [0.25, 0.3) is 5.57 Å². The molecular formula is C32H32Br2N6O4. The zero-order chi connectivity index (χ0) is 31.7. The van der Waals surface area contributed by atoms with Crippen LogP contribution in [0.4, 0.5) is 0 Å². The van der Waals surface area contributed by atoms with Gasteiger partial charge in [0.05, 0.1) is 10.7 Å². The van der Waals surface area contributed by atoms with Crippen molar-refractivity contribution in [2.45, 2.75) is 32.6 Å². The second kappa shape index (κ2) is 15.0. The van der Waals surface area contributed by atoms with Gasteiger partial charge in [0, 0.05) is 31.4 Å². The molecule has 0 fully saturated rings. The molecule has 1 atom stereocenters. The number of nitrogens with zero attached hydrogens (tertiary/aromatic N) is 2. The lowest BCUT2D eigenvalue weighted by atomic mass is 9.78. The number of carbonyl (C=O) groups is 4. The number of rotatable bonds is 11. The highest BCUT2D eigenvalue weighted by Gasteiger charge is 2.41. The molecule has 0 radical (unpaired) electrons. The summed E-state index contributed by atoms with van der Waals surface area (Å²) < 4.78 is 0.